The zero-order valence-electron chi connectivity index (χ0n) is 2.75. The molecular weight excluding hydrogens is 74.0 g/mol. The lowest BCUT2D eigenvalue weighted by atomic mass is 11.8. The van der Waals surface area contributed by atoms with E-state index >= 15 is 0 Å². The molecule has 0 aliphatic rings. The molecule has 0 saturated heterocycles. The third-order valence-electron chi connectivity index (χ3n) is 0. The quantitative estimate of drug-likeness (QED) is 0.310. The maximum atomic E-state index is 8.11. The van der Waals surface area contributed by atoms with Crippen molar-refractivity contribution in [2.24, 2.45) is 5.34 Å². The van der Waals surface area contributed by atoms with Crippen molar-refractivity contribution in [3.05, 3.63) is 4.91 Å². The predicted octanol–water partition coefficient (Wildman–Crippen LogP) is -0.250. The van der Waals surface area contributed by atoms with Crippen molar-refractivity contribution in [2.45, 2.75) is 0 Å². The van der Waals surface area contributed by atoms with Crippen LogP contribution in [0.25, 0.3) is 0 Å². The Morgan fingerprint density at radius 2 is 1.60 bits per heavy atom. The zero-order valence-corrected chi connectivity index (χ0v) is 2.75. The van der Waals surface area contributed by atoms with E-state index in [1.807, 2.05) is 0 Å². The summed E-state index contributed by atoms with van der Waals surface area (Å²) in [6.45, 7) is 0. The molecule has 0 bridgehead atoms. The first-order chi connectivity index (χ1) is 2.41. The fraction of sp³-hybridized carbons (Fsp3) is 1.00. The van der Waals surface area contributed by atoms with E-state index in [9.17, 15) is 0 Å². The molecule has 0 rings (SSSR count). The molecule has 0 aliphatic carbocycles. The van der Waals surface area contributed by atoms with E-state index in [2.05, 4.69) is 0 Å². The number of hydrogen-bond acceptors (Lipinski definition) is 3. The van der Waals surface area contributed by atoms with Crippen LogP contribution in [0.4, 0.5) is 0 Å². The smallest absolute Gasteiger partial charge is 0.152 e. The molecular formula is CH5NO3. The zero-order chi connectivity index (χ0) is 4.71. The van der Waals surface area contributed by atoms with E-state index in [1.54, 1.807) is 0 Å². The Morgan fingerprint density at radius 1 is 1.60 bits per heavy atom. The first-order valence-corrected chi connectivity index (χ1v) is 0.830. The van der Waals surface area contributed by atoms with Gasteiger partial charge in [-0.3, -0.25) is 0 Å². The summed E-state index contributed by atoms with van der Waals surface area (Å²) in [4.78, 5) is 8.11. The van der Waals surface area contributed by atoms with Crippen LogP contribution in [0.3, 0.4) is 0 Å². The van der Waals surface area contributed by atoms with Crippen molar-refractivity contribution in [1.82, 2.24) is 0 Å². The van der Waals surface area contributed by atoms with Crippen LogP contribution in [-0.4, -0.2) is 17.4 Å². The van der Waals surface area contributed by atoms with Gasteiger partial charge >= 0.3 is 0 Å². The van der Waals surface area contributed by atoms with Gasteiger partial charge < -0.3 is 10.3 Å². The maximum absolute atomic E-state index is 8.11. The lowest BCUT2D eigenvalue weighted by Crippen LogP contribution is -1.25. The molecule has 0 fully saturated rings. The van der Waals surface area contributed by atoms with Gasteiger partial charge in [-0.05, 0) is 0 Å². The molecule has 0 aromatic carbocycles. The van der Waals surface area contributed by atoms with Crippen molar-refractivity contribution in [3.8, 4) is 0 Å². The van der Waals surface area contributed by atoms with Crippen molar-refractivity contribution >= 4 is 0 Å². The topological polar surface area (TPSA) is 69.9 Å². The van der Waals surface area contributed by atoms with Crippen LogP contribution in [0, 0.1) is 4.91 Å². The lowest BCUT2D eigenvalue weighted by Gasteiger charge is -1.32. The average Bonchev–Trinajstić information content (AvgIpc) is 1.46. The van der Waals surface area contributed by atoms with Crippen LogP contribution < -0.4 is 0 Å². The van der Waals surface area contributed by atoms with Gasteiger partial charge in [-0.1, -0.05) is 0 Å². The Balaban J connectivity index is 0. The summed E-state index contributed by atoms with van der Waals surface area (Å²) >= 11 is 0. The van der Waals surface area contributed by atoms with E-state index in [1.165, 1.54) is 5.34 Å². The minimum absolute atomic E-state index is 1.00. The molecule has 5 heavy (non-hydrogen) atoms. The van der Waals surface area contributed by atoms with Gasteiger partial charge in [0.15, 0.2) is 5.34 Å². The Labute approximate surface area is 29.0 Å². The monoisotopic (exact) mass is 79.0 g/mol. The third kappa shape index (κ3) is 15.2. The number of rotatable bonds is 0. The van der Waals surface area contributed by atoms with Crippen LogP contribution in [-0.2, 0) is 0 Å². The second-order valence-corrected chi connectivity index (χ2v) is 0.0816. The summed E-state index contributed by atoms with van der Waals surface area (Å²) in [6.07, 6.45) is 0. The van der Waals surface area contributed by atoms with Gasteiger partial charge in [0, 0.05) is 7.11 Å². The normalized spacial score (nSPS) is 3.60. The third-order valence-corrected chi connectivity index (χ3v) is 0. The largest absolute Gasteiger partial charge is 0.400 e. The number of hydrogen-bond donors (Lipinski definition) is 2. The molecule has 0 aromatic heterocycles. The second kappa shape index (κ2) is 144. The van der Waals surface area contributed by atoms with Gasteiger partial charge in [0.1, 0.15) is 0 Å². The summed E-state index contributed by atoms with van der Waals surface area (Å²) in [5.41, 5.74) is 0. The van der Waals surface area contributed by atoms with Crippen LogP contribution in [0.1, 0.15) is 0 Å². The molecule has 0 saturated carbocycles. The molecule has 0 aliphatic heterocycles. The highest BCUT2D eigenvalue weighted by atomic mass is 16.6. The summed E-state index contributed by atoms with van der Waals surface area (Å²) in [5.74, 6) is 0. The van der Waals surface area contributed by atoms with Crippen molar-refractivity contribution < 1.29 is 10.3 Å². The highest BCUT2D eigenvalue weighted by Crippen LogP contribution is 1.25. The number of nitrogens with zero attached hydrogens (tertiary/aromatic N) is 1. The molecule has 0 unspecified atom stereocenters. The molecule has 32 valence electrons. The fourth-order valence-electron chi connectivity index (χ4n) is 0. The van der Waals surface area contributed by atoms with Crippen LogP contribution in [0.2, 0.25) is 0 Å². The van der Waals surface area contributed by atoms with Gasteiger partial charge in [0.05, 0.1) is 0 Å². The van der Waals surface area contributed by atoms with E-state index in [0.717, 1.165) is 7.11 Å². The van der Waals surface area contributed by atoms with Gasteiger partial charge in [-0.15, -0.1) is 4.91 Å². The lowest BCUT2D eigenvalue weighted by molar-refractivity contribution is 0.312. The van der Waals surface area contributed by atoms with Crippen molar-refractivity contribution in [1.29, 1.82) is 0 Å². The molecule has 2 N–H and O–H groups in total. The molecule has 0 aromatic rings. The van der Waals surface area contributed by atoms with Crippen LogP contribution in [0.5, 0.6) is 0 Å². The van der Waals surface area contributed by atoms with E-state index in [4.69, 9.17) is 15.2 Å². The van der Waals surface area contributed by atoms with E-state index < -0.39 is 0 Å². The Hall–Kier alpha value is -0.640. The second-order valence-electron chi connectivity index (χ2n) is 0.0816. The number of aliphatic hydroxyl groups excluding tert-OH is 1. The molecule has 0 radical (unpaired) electrons. The molecule has 4 nitrogen and oxygen atoms in total. The molecule has 0 amide bonds. The van der Waals surface area contributed by atoms with Crippen LogP contribution >= 0.6 is 0 Å². The minimum atomic E-state index is 1.00. The fourth-order valence-corrected chi connectivity index (χ4v) is 0. The average molecular weight is 79.1 g/mol. The highest BCUT2D eigenvalue weighted by molar-refractivity contribution is 3.83. The SMILES string of the molecule is CO.O=NO. The standard InChI is InChI=1S/CH4O.HNO2/c1-2;2-1-3/h2H,1H3;(H,2,3). The first kappa shape index (κ1) is 8.84. The predicted molar refractivity (Wildman–Crippen MR) is 15.7 cm³/mol. The Morgan fingerprint density at radius 3 is 1.60 bits per heavy atom. The summed E-state index contributed by atoms with van der Waals surface area (Å²) in [6, 6.07) is 0. The van der Waals surface area contributed by atoms with Gasteiger partial charge in [0.25, 0.3) is 0 Å². The van der Waals surface area contributed by atoms with Crippen molar-refractivity contribution in [2.75, 3.05) is 7.11 Å². The van der Waals surface area contributed by atoms with E-state index in [-0.39, 0.29) is 0 Å². The maximum Gasteiger partial charge on any atom is 0.152 e. The molecule has 0 heterocycles. The summed E-state index contributed by atoms with van der Waals surface area (Å²) < 4.78 is 0. The Kier molecular flexibility index (Phi) is 255. The first-order valence-electron chi connectivity index (χ1n) is 0.830. The number of aliphatic hydroxyl groups is 1. The van der Waals surface area contributed by atoms with Gasteiger partial charge in [-0.2, -0.15) is 0 Å². The summed E-state index contributed by atoms with van der Waals surface area (Å²) in [7, 11) is 1.00. The molecule has 0 spiro atoms. The molecule has 4 heteroatoms. The van der Waals surface area contributed by atoms with Gasteiger partial charge in [0.2, 0.25) is 0 Å². The minimum Gasteiger partial charge on any atom is -0.400 e. The highest BCUT2D eigenvalue weighted by Gasteiger charge is 1.18. The van der Waals surface area contributed by atoms with Crippen LogP contribution in [0.15, 0.2) is 5.34 Å². The van der Waals surface area contributed by atoms with Gasteiger partial charge in [-0.25, -0.2) is 0 Å². The Bertz CT molecular complexity index is 14.4. The van der Waals surface area contributed by atoms with E-state index in [0.29, 0.717) is 0 Å². The van der Waals surface area contributed by atoms with Crippen molar-refractivity contribution in [3.63, 3.8) is 0 Å². The molecule has 0 atom stereocenters. The summed E-state index contributed by atoms with van der Waals surface area (Å²) in [5, 5.41) is 14.9.